The van der Waals surface area contributed by atoms with Gasteiger partial charge >= 0.3 is 0 Å². The largest absolute Gasteiger partial charge is 0.595 e. The van der Waals surface area contributed by atoms with Crippen molar-refractivity contribution in [1.29, 1.82) is 0 Å². The second-order valence-electron chi connectivity index (χ2n) is 5.93. The topological polar surface area (TPSA) is 120 Å². The van der Waals surface area contributed by atoms with Crippen LogP contribution >= 0.6 is 0 Å². The van der Waals surface area contributed by atoms with Crippen molar-refractivity contribution in [3.63, 3.8) is 0 Å². The Morgan fingerprint density at radius 2 is 1.69 bits per heavy atom. The molecule has 0 heterocycles. The normalized spacial score (nSPS) is 14.9. The third-order valence-electron chi connectivity index (χ3n) is 3.78. The van der Waals surface area contributed by atoms with Crippen LogP contribution in [-0.2, 0) is 0 Å². The molecule has 0 amide bonds. The molecule has 8 heteroatoms. The van der Waals surface area contributed by atoms with Gasteiger partial charge in [-0.25, -0.2) is 10.4 Å². The molecule has 0 radical (unpaired) electrons. The number of anilines is 1. The lowest BCUT2D eigenvalue weighted by atomic mass is 10.0. The zero-order valence-corrected chi connectivity index (χ0v) is 14.8. The van der Waals surface area contributed by atoms with Gasteiger partial charge in [-0.3, -0.25) is 5.43 Å². The monoisotopic (exact) mass is 358 g/mol. The summed E-state index contributed by atoms with van der Waals surface area (Å²) in [4.78, 5) is 0. The number of allylic oxidation sites excluding steroid dienone is 2. The molecule has 0 spiro atoms. The molecule has 0 saturated heterocycles. The Kier molecular flexibility index (Phi) is 6.58. The van der Waals surface area contributed by atoms with Crippen LogP contribution in [0.25, 0.3) is 5.57 Å². The van der Waals surface area contributed by atoms with Crippen molar-refractivity contribution >= 4 is 28.3 Å². The van der Waals surface area contributed by atoms with Crippen molar-refractivity contribution in [2.45, 2.75) is 20.8 Å². The molecule has 0 aliphatic heterocycles. The van der Waals surface area contributed by atoms with Crippen LogP contribution in [0.1, 0.15) is 25.0 Å². The highest BCUT2D eigenvalue weighted by Crippen LogP contribution is 2.21. The maximum Gasteiger partial charge on any atom is 0.195 e. The molecule has 5 N–H and O–H groups in total. The van der Waals surface area contributed by atoms with E-state index in [1.54, 1.807) is 6.92 Å². The Balaban J connectivity index is 2.20. The fraction of sp³-hybridized carbons (Fsp3) is 0.167. The van der Waals surface area contributed by atoms with Crippen molar-refractivity contribution in [1.82, 2.24) is 0 Å². The second-order valence-corrected chi connectivity index (χ2v) is 5.93. The first-order chi connectivity index (χ1) is 12.3. The van der Waals surface area contributed by atoms with Gasteiger partial charge in [0, 0.05) is 6.07 Å². The fourth-order valence-electron chi connectivity index (χ4n) is 2.35. The van der Waals surface area contributed by atoms with Crippen LogP contribution < -0.4 is 15.9 Å². The van der Waals surface area contributed by atoms with Gasteiger partial charge in [0.05, 0.1) is 11.8 Å². The van der Waals surface area contributed by atoms with E-state index in [0.29, 0.717) is 5.71 Å². The molecule has 2 atom stereocenters. The predicted octanol–water partition coefficient (Wildman–Crippen LogP) is 1.69. The van der Waals surface area contributed by atoms with Crippen LogP contribution in [0.15, 0.2) is 53.6 Å². The van der Waals surface area contributed by atoms with E-state index in [1.807, 2.05) is 44.2 Å². The number of aryl methyl sites for hydroxylation is 1. The van der Waals surface area contributed by atoms with Crippen molar-refractivity contribution in [3.8, 4) is 0 Å². The molecule has 0 aliphatic rings. The summed E-state index contributed by atoms with van der Waals surface area (Å²) in [7, 11) is 0. The van der Waals surface area contributed by atoms with E-state index in [0.717, 1.165) is 17.2 Å². The van der Waals surface area contributed by atoms with Gasteiger partial charge in [0.2, 0.25) is 0 Å². The van der Waals surface area contributed by atoms with Gasteiger partial charge in [-0.1, -0.05) is 29.8 Å². The zero-order valence-electron chi connectivity index (χ0n) is 14.8. The molecule has 26 heavy (non-hydrogen) atoms. The number of quaternary nitrogens is 2. The Morgan fingerprint density at radius 3 is 2.27 bits per heavy atom. The number of nitrogens with zero attached hydrogens (tertiary/aromatic N) is 1. The first kappa shape index (κ1) is 19.7. The van der Waals surface area contributed by atoms with Crippen molar-refractivity contribution in [3.05, 3.63) is 70.1 Å². The number of hydrazone groups is 1. The molecule has 0 aromatic heterocycles. The highest BCUT2D eigenvalue weighted by molar-refractivity contribution is 5.99. The van der Waals surface area contributed by atoms with Gasteiger partial charge in [0.25, 0.3) is 0 Å². The van der Waals surface area contributed by atoms with E-state index < -0.39 is 10.5 Å². The van der Waals surface area contributed by atoms with Gasteiger partial charge in [-0.15, -0.1) is 0 Å². The minimum absolute atomic E-state index is 0.0937. The summed E-state index contributed by atoms with van der Waals surface area (Å²) in [5.41, 5.74) is 6.60. The average Bonchev–Trinajstić information content (AvgIpc) is 2.60. The molecule has 2 aromatic carbocycles. The molecule has 0 fully saturated rings. The fourth-order valence-corrected chi connectivity index (χ4v) is 2.35. The van der Waals surface area contributed by atoms with E-state index in [1.165, 1.54) is 17.7 Å². The molecule has 0 aliphatic carbocycles. The summed E-state index contributed by atoms with van der Waals surface area (Å²) in [5, 5.41) is 42.3. The lowest BCUT2D eigenvalue weighted by Gasteiger charge is -2.18. The van der Waals surface area contributed by atoms with Gasteiger partial charge in [0.1, 0.15) is 5.69 Å². The van der Waals surface area contributed by atoms with Gasteiger partial charge in [-0.05, 0) is 44.1 Å². The molecule has 138 valence electrons. The molecule has 2 unspecified atom stereocenters. The molecule has 8 nitrogen and oxygen atoms in total. The molecule has 2 aromatic rings. The third-order valence-corrected chi connectivity index (χ3v) is 3.78. The van der Waals surface area contributed by atoms with Gasteiger partial charge in [0.15, 0.2) is 11.4 Å². The van der Waals surface area contributed by atoms with E-state index in [2.05, 4.69) is 10.5 Å². The highest BCUT2D eigenvalue weighted by Gasteiger charge is 2.13. The SMILES string of the molecule is CC(=CC(C)=NNc1ccc([NH+]([O-])O)cc1[NH+]([O-])O)c1ccc(C)cc1. The highest BCUT2D eigenvalue weighted by atomic mass is 16.8. The molecule has 2 rings (SSSR count). The quantitative estimate of drug-likeness (QED) is 0.398. The summed E-state index contributed by atoms with van der Waals surface area (Å²) in [6.07, 6.45) is 1.88. The first-order valence-corrected chi connectivity index (χ1v) is 7.94. The maximum atomic E-state index is 11.3. The molecular weight excluding hydrogens is 336 g/mol. The maximum absolute atomic E-state index is 11.3. The van der Waals surface area contributed by atoms with Crippen LogP contribution in [-0.4, -0.2) is 16.1 Å². The van der Waals surface area contributed by atoms with Crippen LogP contribution in [0, 0.1) is 17.3 Å². The summed E-state index contributed by atoms with van der Waals surface area (Å²) >= 11 is 0. The lowest BCUT2D eigenvalue weighted by molar-refractivity contribution is -0.996. The Labute approximate surface area is 151 Å². The van der Waals surface area contributed by atoms with Crippen molar-refractivity contribution in [2.24, 2.45) is 5.10 Å². The molecular formula is C18H22N4O4. The lowest BCUT2D eigenvalue weighted by Crippen LogP contribution is -3.00. The van der Waals surface area contributed by atoms with Crippen LogP contribution in [0.4, 0.5) is 17.1 Å². The van der Waals surface area contributed by atoms with E-state index >= 15 is 0 Å². The smallest absolute Gasteiger partial charge is 0.195 e. The Hall–Kier alpha value is -2.59. The standard InChI is InChI=1S/C18H22N4O4/c1-12-4-6-15(7-5-12)13(2)10-14(3)19-20-17-9-8-16(21(23)24)11-18(17)22(25)26/h4-11,20-23,25H,1-3H3. The van der Waals surface area contributed by atoms with Gasteiger partial charge < -0.3 is 10.4 Å². The Bertz CT molecular complexity index is 814. The number of hydrogen-bond acceptors (Lipinski definition) is 6. The van der Waals surface area contributed by atoms with Crippen LogP contribution in [0.2, 0.25) is 0 Å². The van der Waals surface area contributed by atoms with Crippen LogP contribution in [0.3, 0.4) is 0 Å². The number of hydrogen-bond donors (Lipinski definition) is 5. The van der Waals surface area contributed by atoms with E-state index in [-0.39, 0.29) is 17.1 Å². The average molecular weight is 358 g/mol. The summed E-state index contributed by atoms with van der Waals surface area (Å²) < 4.78 is 0. The minimum Gasteiger partial charge on any atom is -0.595 e. The molecule has 0 bridgehead atoms. The first-order valence-electron chi connectivity index (χ1n) is 7.94. The summed E-state index contributed by atoms with van der Waals surface area (Å²) in [5.74, 6) is 0. The second kappa shape index (κ2) is 8.68. The van der Waals surface area contributed by atoms with Crippen molar-refractivity contribution < 1.29 is 20.9 Å². The Morgan fingerprint density at radius 1 is 1.04 bits per heavy atom. The van der Waals surface area contributed by atoms with Gasteiger partial charge in [-0.2, -0.15) is 15.6 Å². The number of benzene rings is 2. The zero-order chi connectivity index (χ0) is 19.3. The van der Waals surface area contributed by atoms with Crippen LogP contribution in [0.5, 0.6) is 0 Å². The van der Waals surface area contributed by atoms with E-state index in [9.17, 15) is 15.6 Å². The number of nitrogens with one attached hydrogen (secondary N) is 3. The predicted molar refractivity (Wildman–Crippen MR) is 99.6 cm³/mol. The third kappa shape index (κ3) is 5.20. The summed E-state index contributed by atoms with van der Waals surface area (Å²) in [6, 6.07) is 11.9. The summed E-state index contributed by atoms with van der Waals surface area (Å²) in [6.45, 7) is 5.78. The molecule has 0 saturated carbocycles. The van der Waals surface area contributed by atoms with E-state index in [4.69, 9.17) is 5.21 Å². The minimum atomic E-state index is -1.23. The van der Waals surface area contributed by atoms with Crippen molar-refractivity contribution in [2.75, 3.05) is 5.43 Å². The number of rotatable bonds is 6.